The Labute approximate surface area is 246 Å². The lowest BCUT2D eigenvalue weighted by atomic mass is 10.1. The van der Waals surface area contributed by atoms with Gasteiger partial charge in [0, 0.05) is 0 Å². The van der Waals surface area contributed by atoms with Crippen LogP contribution in [0.25, 0.3) is 0 Å². The molecule has 2 rings (SSSR count). The minimum atomic E-state index is -4.49. The normalized spacial score (nSPS) is 16.6. The van der Waals surface area contributed by atoms with Gasteiger partial charge in [-0.3, -0.25) is 28.8 Å². The Balaban J connectivity index is 1.93. The molecule has 0 radical (unpaired) electrons. The van der Waals surface area contributed by atoms with Crippen LogP contribution in [0.1, 0.15) is 76.1 Å². The molecule has 2 aromatic carbocycles. The third kappa shape index (κ3) is 10.7. The number of hydrogen-bond acceptors (Lipinski definition) is 10. The first-order valence-electron chi connectivity index (χ1n) is 13.6. The van der Waals surface area contributed by atoms with E-state index in [1.807, 2.05) is 0 Å². The van der Waals surface area contributed by atoms with E-state index in [2.05, 4.69) is 10.6 Å². The molecule has 12 nitrogen and oxygen atoms in total. The second-order valence-electron chi connectivity index (χ2n) is 10.9. The lowest BCUT2D eigenvalue weighted by Crippen LogP contribution is -2.45. The van der Waals surface area contributed by atoms with E-state index < -0.39 is 49.9 Å². The highest BCUT2D eigenvalue weighted by molar-refractivity contribution is 7.53. The Bertz CT molecular complexity index is 1160. The number of unbranched alkanes of at least 4 members (excludes halogenated alkanes) is 3. The number of carboxylic acid groups (broad SMARTS) is 2. The Morgan fingerprint density at radius 1 is 0.690 bits per heavy atom. The zero-order valence-corrected chi connectivity index (χ0v) is 26.0. The van der Waals surface area contributed by atoms with Gasteiger partial charge in [-0.2, -0.15) is 0 Å². The van der Waals surface area contributed by atoms with Crippen LogP contribution in [-0.2, 0) is 27.8 Å². The van der Waals surface area contributed by atoms with Gasteiger partial charge in [0.25, 0.3) is 0 Å². The van der Waals surface area contributed by atoms with Gasteiger partial charge in [-0.1, -0.05) is 73.5 Å². The fourth-order valence-corrected chi connectivity index (χ4v) is 7.51. The smallest absolute Gasteiger partial charge is 0.350 e. The minimum Gasteiger partial charge on any atom is -0.547 e. The first-order valence-corrected chi connectivity index (χ1v) is 16.8. The minimum absolute atomic E-state index is 0.331. The Kier molecular flexibility index (Phi) is 13.1. The molecule has 0 bridgehead atoms. The van der Waals surface area contributed by atoms with Crippen LogP contribution in [0.5, 0.6) is 0 Å². The van der Waals surface area contributed by atoms with Crippen LogP contribution in [0.4, 0.5) is 0 Å². The van der Waals surface area contributed by atoms with Crippen molar-refractivity contribution >= 4 is 27.1 Å². The third-order valence-electron chi connectivity index (χ3n) is 6.36. The molecule has 14 heteroatoms. The molecule has 0 fully saturated rings. The highest BCUT2D eigenvalue weighted by atomic mass is 31.2. The molecular weight excluding hydrogens is 586 g/mol. The van der Waals surface area contributed by atoms with Crippen molar-refractivity contribution in [2.75, 3.05) is 13.1 Å². The summed E-state index contributed by atoms with van der Waals surface area (Å²) in [6.07, 6.45) is 2.63. The Morgan fingerprint density at radius 3 is 1.29 bits per heavy atom. The largest absolute Gasteiger partial charge is 0.547 e. The van der Waals surface area contributed by atoms with Gasteiger partial charge in [-0.25, -0.2) is 0 Å². The summed E-state index contributed by atoms with van der Waals surface area (Å²) in [4.78, 5) is 44.1. The van der Waals surface area contributed by atoms with E-state index in [9.17, 15) is 38.7 Å². The van der Waals surface area contributed by atoms with Crippen LogP contribution in [-0.4, -0.2) is 46.0 Å². The van der Waals surface area contributed by atoms with Gasteiger partial charge < -0.3 is 29.6 Å². The molecule has 0 heterocycles. The van der Waals surface area contributed by atoms with Crippen molar-refractivity contribution in [1.29, 1.82) is 0 Å². The number of hydrogen-bond donors (Lipinski definition) is 4. The molecular formula is C28H40N2O10P2-2. The van der Waals surface area contributed by atoms with Crippen molar-refractivity contribution < 1.29 is 47.8 Å². The molecule has 0 spiro atoms. The van der Waals surface area contributed by atoms with Crippen LogP contribution >= 0.6 is 15.2 Å². The molecule has 0 aliphatic carbocycles. The molecule has 0 aliphatic heterocycles. The zero-order chi connectivity index (χ0) is 31.6. The predicted molar refractivity (Wildman–Crippen MR) is 153 cm³/mol. The van der Waals surface area contributed by atoms with Crippen molar-refractivity contribution in [2.24, 2.45) is 0 Å². The number of benzene rings is 2. The maximum Gasteiger partial charge on any atom is 0.350 e. The number of carbonyl (C=O) groups is 2. The van der Waals surface area contributed by atoms with Gasteiger partial charge in [0.2, 0.25) is 0 Å². The maximum atomic E-state index is 13.1. The maximum absolute atomic E-state index is 13.1. The van der Waals surface area contributed by atoms with E-state index in [-0.39, 0.29) is 0 Å². The van der Waals surface area contributed by atoms with Gasteiger partial charge in [0.1, 0.15) is 22.8 Å². The third-order valence-corrected chi connectivity index (χ3v) is 10.1. The fraction of sp³-hybridized carbons (Fsp3) is 0.500. The van der Waals surface area contributed by atoms with Crippen molar-refractivity contribution in [1.82, 2.24) is 10.6 Å². The average molecular weight is 627 g/mol. The Hall–Kier alpha value is -2.40. The van der Waals surface area contributed by atoms with Crippen molar-refractivity contribution in [3.63, 3.8) is 0 Å². The van der Waals surface area contributed by atoms with Gasteiger partial charge in [-0.05, 0) is 64.8 Å². The van der Waals surface area contributed by atoms with Gasteiger partial charge in [-0.15, -0.1) is 0 Å². The molecule has 4 unspecified atom stereocenters. The molecule has 0 saturated heterocycles. The molecule has 0 amide bonds. The van der Waals surface area contributed by atoms with Gasteiger partial charge in [0.15, 0.2) is 0 Å². The molecule has 4 N–H and O–H groups in total. The second-order valence-corrected chi connectivity index (χ2v) is 14.5. The highest BCUT2D eigenvalue weighted by Gasteiger charge is 2.40. The summed E-state index contributed by atoms with van der Waals surface area (Å²) < 4.78 is 36.5. The standard InChI is InChI=1S/C28H42N2O10P2/c1-27(2,25(31)32)39-41(35,36)23(21-15-9-7-10-16-21)29-19-13-5-6-14-20-30-24(22-17-11-8-12-18-22)42(37,38)40-28(3,4)26(33)34/h7-12,15-18,23-24,29-30H,5-6,13-14,19-20H2,1-4H3,(H,31,32)(H,33,34)(H,35,36)(H,37,38)/p-2. The summed E-state index contributed by atoms with van der Waals surface area (Å²) in [7, 11) is -8.98. The van der Waals surface area contributed by atoms with Gasteiger partial charge in [0.05, 0.1) is 11.9 Å². The van der Waals surface area contributed by atoms with E-state index >= 15 is 0 Å². The molecule has 234 valence electrons. The SMILES string of the molecule is CC(C)(OP(=O)(O)C(NCCCCCCNC(c1ccccc1)P(=O)(O)OC(C)(C)C(=O)[O-])c1ccccc1)C(=O)[O-]. The van der Waals surface area contributed by atoms with E-state index in [1.54, 1.807) is 60.7 Å². The Morgan fingerprint density at radius 2 is 1.00 bits per heavy atom. The van der Waals surface area contributed by atoms with E-state index in [0.29, 0.717) is 49.9 Å². The first-order chi connectivity index (χ1) is 19.5. The average Bonchev–Trinajstić information content (AvgIpc) is 2.89. The number of carbonyl (C=O) groups excluding carboxylic acids is 2. The number of aliphatic carboxylic acids is 2. The van der Waals surface area contributed by atoms with E-state index in [4.69, 9.17) is 9.05 Å². The highest BCUT2D eigenvalue weighted by Crippen LogP contribution is 2.58. The van der Waals surface area contributed by atoms with Crippen LogP contribution in [0, 0.1) is 0 Å². The summed E-state index contributed by atoms with van der Waals surface area (Å²) in [5.74, 6) is -5.54. The molecule has 4 atom stereocenters. The van der Waals surface area contributed by atoms with E-state index in [0.717, 1.165) is 27.7 Å². The number of nitrogens with one attached hydrogen (secondary N) is 2. The van der Waals surface area contributed by atoms with Crippen LogP contribution in [0.3, 0.4) is 0 Å². The topological polar surface area (TPSA) is 197 Å². The zero-order valence-electron chi connectivity index (χ0n) is 24.2. The number of rotatable bonds is 19. The van der Waals surface area contributed by atoms with Crippen molar-refractivity contribution in [2.45, 2.75) is 76.1 Å². The summed E-state index contributed by atoms with van der Waals surface area (Å²) in [5.41, 5.74) is -3.03. The van der Waals surface area contributed by atoms with Crippen molar-refractivity contribution in [3.8, 4) is 0 Å². The van der Waals surface area contributed by atoms with Gasteiger partial charge >= 0.3 is 15.2 Å². The lowest BCUT2D eigenvalue weighted by molar-refractivity contribution is -0.321. The molecule has 42 heavy (non-hydrogen) atoms. The summed E-state index contributed by atoms with van der Waals surface area (Å²) in [5, 5.41) is 28.7. The second kappa shape index (κ2) is 15.4. The fourth-order valence-electron chi connectivity index (χ4n) is 4.03. The van der Waals surface area contributed by atoms with Crippen LogP contribution in [0.2, 0.25) is 0 Å². The predicted octanol–water partition coefficient (Wildman–Crippen LogP) is 2.58. The molecule has 0 aromatic heterocycles. The van der Waals surface area contributed by atoms with E-state index in [1.165, 1.54) is 0 Å². The summed E-state index contributed by atoms with van der Waals surface area (Å²) >= 11 is 0. The van der Waals surface area contributed by atoms with Crippen LogP contribution < -0.4 is 20.8 Å². The quantitative estimate of drug-likeness (QED) is 0.132. The molecule has 2 aromatic rings. The summed E-state index contributed by atoms with van der Waals surface area (Å²) in [6, 6.07) is 16.8. The van der Waals surface area contributed by atoms with Crippen molar-refractivity contribution in [3.05, 3.63) is 71.8 Å². The molecule has 0 saturated carbocycles. The molecule has 0 aliphatic rings. The monoisotopic (exact) mass is 626 g/mol. The summed E-state index contributed by atoms with van der Waals surface area (Å²) in [6.45, 7) is 5.26. The first kappa shape index (κ1) is 35.8. The lowest BCUT2D eigenvalue weighted by Gasteiger charge is -2.33. The number of carboxylic acids is 2. The van der Waals surface area contributed by atoms with Crippen LogP contribution in [0.15, 0.2) is 60.7 Å².